The SMILES string of the molecule is CC(=O)[C@H]1CC[C@H]2[C@@H]3C(O)CC4=CC(=O)C=C[C@]4(C)[C@H]3CC[C@]12C. The average Bonchev–Trinajstić information content (AvgIpc) is 2.86. The highest BCUT2D eigenvalue weighted by molar-refractivity contribution is 6.01. The molecule has 7 atom stereocenters. The highest BCUT2D eigenvalue weighted by atomic mass is 16.3. The maximum absolute atomic E-state index is 12.2. The summed E-state index contributed by atoms with van der Waals surface area (Å²) >= 11 is 0. The molecule has 3 fully saturated rings. The molecule has 130 valence electrons. The first-order valence-corrected chi connectivity index (χ1v) is 9.40. The average molecular weight is 328 g/mol. The minimum atomic E-state index is -0.385. The van der Waals surface area contributed by atoms with Gasteiger partial charge in [0.15, 0.2) is 5.78 Å². The largest absolute Gasteiger partial charge is 0.392 e. The van der Waals surface area contributed by atoms with Gasteiger partial charge in [0.1, 0.15) is 5.78 Å². The third kappa shape index (κ3) is 2.00. The lowest BCUT2D eigenvalue weighted by molar-refractivity contribution is -0.131. The lowest BCUT2D eigenvalue weighted by atomic mass is 9.47. The van der Waals surface area contributed by atoms with E-state index in [1.54, 1.807) is 19.1 Å². The normalized spacial score (nSPS) is 49.9. The molecule has 0 spiro atoms. The van der Waals surface area contributed by atoms with E-state index in [2.05, 4.69) is 19.9 Å². The summed E-state index contributed by atoms with van der Waals surface area (Å²) in [6, 6.07) is 0. The van der Waals surface area contributed by atoms with Gasteiger partial charge in [0, 0.05) is 11.3 Å². The number of fused-ring (bicyclic) bond motifs is 5. The molecule has 24 heavy (non-hydrogen) atoms. The van der Waals surface area contributed by atoms with Crippen molar-refractivity contribution in [2.24, 2.45) is 34.5 Å². The molecule has 1 unspecified atom stereocenters. The standard InChI is InChI=1S/C21H28O3/c1-12(22)15-4-5-16-19-17(7-9-21(15,16)3)20(2)8-6-14(23)10-13(20)11-18(19)24/h6,8,10,15-19,24H,4-5,7,9,11H2,1-3H3/t15-,16+,17+,18?,19+,20+,21-/m1/s1. The minimum absolute atomic E-state index is 0.0414. The van der Waals surface area contributed by atoms with Crippen LogP contribution in [0.25, 0.3) is 0 Å². The van der Waals surface area contributed by atoms with Gasteiger partial charge in [-0.15, -0.1) is 0 Å². The van der Waals surface area contributed by atoms with Gasteiger partial charge in [-0.05, 0) is 74.3 Å². The van der Waals surface area contributed by atoms with Crippen LogP contribution < -0.4 is 0 Å². The molecule has 0 bridgehead atoms. The number of carbonyl (C=O) groups is 2. The van der Waals surface area contributed by atoms with Crippen molar-refractivity contribution < 1.29 is 14.7 Å². The molecule has 3 saturated carbocycles. The number of hydrogen-bond acceptors (Lipinski definition) is 3. The van der Waals surface area contributed by atoms with Crippen LogP contribution in [-0.4, -0.2) is 22.8 Å². The van der Waals surface area contributed by atoms with E-state index in [4.69, 9.17) is 0 Å². The molecule has 0 amide bonds. The lowest BCUT2D eigenvalue weighted by Crippen LogP contribution is -2.55. The van der Waals surface area contributed by atoms with E-state index in [1.165, 1.54) is 0 Å². The summed E-state index contributed by atoms with van der Waals surface area (Å²) < 4.78 is 0. The second kappa shape index (κ2) is 5.14. The van der Waals surface area contributed by atoms with E-state index in [0.29, 0.717) is 24.0 Å². The van der Waals surface area contributed by atoms with Crippen LogP contribution in [0.1, 0.15) is 52.9 Å². The number of ketones is 2. The van der Waals surface area contributed by atoms with Crippen molar-refractivity contribution in [1.82, 2.24) is 0 Å². The van der Waals surface area contributed by atoms with E-state index in [-0.39, 0.29) is 34.6 Å². The molecule has 1 N–H and O–H groups in total. The Morgan fingerprint density at radius 2 is 1.96 bits per heavy atom. The Kier molecular flexibility index (Phi) is 3.48. The van der Waals surface area contributed by atoms with Crippen LogP contribution in [-0.2, 0) is 9.59 Å². The predicted octanol–water partition coefficient (Wildman–Crippen LogP) is 3.47. The van der Waals surface area contributed by atoms with Crippen LogP contribution in [0.15, 0.2) is 23.8 Å². The molecular weight excluding hydrogens is 300 g/mol. The summed E-state index contributed by atoms with van der Waals surface area (Å²) in [4.78, 5) is 24.0. The molecule has 0 aromatic carbocycles. The van der Waals surface area contributed by atoms with E-state index in [9.17, 15) is 14.7 Å². The number of allylic oxidation sites excluding steroid dienone is 3. The number of carbonyl (C=O) groups excluding carboxylic acids is 2. The molecule has 0 saturated heterocycles. The van der Waals surface area contributed by atoms with Gasteiger partial charge >= 0.3 is 0 Å². The smallest absolute Gasteiger partial charge is 0.178 e. The number of aliphatic hydroxyl groups excluding tert-OH is 1. The van der Waals surface area contributed by atoms with Gasteiger partial charge in [0.2, 0.25) is 0 Å². The number of aliphatic hydroxyl groups is 1. The topological polar surface area (TPSA) is 54.4 Å². The summed E-state index contributed by atoms with van der Waals surface area (Å²) in [7, 11) is 0. The van der Waals surface area contributed by atoms with Gasteiger partial charge in [-0.2, -0.15) is 0 Å². The first kappa shape index (κ1) is 16.3. The van der Waals surface area contributed by atoms with Crippen LogP contribution in [0.2, 0.25) is 0 Å². The Labute approximate surface area is 144 Å². The zero-order chi connectivity index (χ0) is 17.3. The van der Waals surface area contributed by atoms with Crippen molar-refractivity contribution in [3.8, 4) is 0 Å². The molecule has 3 nitrogen and oxygen atoms in total. The quantitative estimate of drug-likeness (QED) is 0.802. The predicted molar refractivity (Wildman–Crippen MR) is 92.2 cm³/mol. The van der Waals surface area contributed by atoms with Crippen molar-refractivity contribution in [3.05, 3.63) is 23.8 Å². The monoisotopic (exact) mass is 328 g/mol. The van der Waals surface area contributed by atoms with Crippen molar-refractivity contribution in [2.75, 3.05) is 0 Å². The Hall–Kier alpha value is -1.22. The molecule has 3 heteroatoms. The van der Waals surface area contributed by atoms with Gasteiger partial charge < -0.3 is 5.11 Å². The maximum Gasteiger partial charge on any atom is 0.178 e. The fourth-order valence-electron chi connectivity index (χ4n) is 6.84. The molecular formula is C21H28O3. The molecule has 0 radical (unpaired) electrons. The molecule has 0 aromatic rings. The zero-order valence-electron chi connectivity index (χ0n) is 14.9. The van der Waals surface area contributed by atoms with E-state index in [0.717, 1.165) is 31.3 Å². The third-order valence-corrected chi connectivity index (χ3v) is 8.07. The summed E-state index contributed by atoms with van der Waals surface area (Å²) in [5.74, 6) is 1.56. The summed E-state index contributed by atoms with van der Waals surface area (Å²) in [6.45, 7) is 6.26. The Balaban J connectivity index is 1.73. The lowest BCUT2D eigenvalue weighted by Gasteiger charge is -2.58. The number of Topliss-reactive ketones (excluding diaryl/α,β-unsaturated/α-hetero) is 1. The van der Waals surface area contributed by atoms with Gasteiger partial charge in [-0.3, -0.25) is 9.59 Å². The fourth-order valence-corrected chi connectivity index (χ4v) is 6.84. The van der Waals surface area contributed by atoms with Crippen LogP contribution in [0.5, 0.6) is 0 Å². The number of hydrogen-bond donors (Lipinski definition) is 1. The van der Waals surface area contributed by atoms with Crippen LogP contribution in [0.4, 0.5) is 0 Å². The summed E-state index contributed by atoms with van der Waals surface area (Å²) in [6.07, 6.45) is 9.88. The number of rotatable bonds is 1. The Bertz CT molecular complexity index is 660. The van der Waals surface area contributed by atoms with Gasteiger partial charge in [0.05, 0.1) is 6.10 Å². The van der Waals surface area contributed by atoms with E-state index >= 15 is 0 Å². The Morgan fingerprint density at radius 1 is 1.21 bits per heavy atom. The molecule has 0 aliphatic heterocycles. The van der Waals surface area contributed by atoms with E-state index in [1.807, 2.05) is 0 Å². The second-order valence-electron chi connectivity index (χ2n) is 9.03. The van der Waals surface area contributed by atoms with Crippen molar-refractivity contribution in [2.45, 2.75) is 59.0 Å². The van der Waals surface area contributed by atoms with Gasteiger partial charge in [-0.25, -0.2) is 0 Å². The van der Waals surface area contributed by atoms with Crippen LogP contribution in [0, 0.1) is 34.5 Å². The van der Waals surface area contributed by atoms with Crippen molar-refractivity contribution >= 4 is 11.6 Å². The van der Waals surface area contributed by atoms with Crippen LogP contribution in [0.3, 0.4) is 0 Å². The maximum atomic E-state index is 12.2. The van der Waals surface area contributed by atoms with Gasteiger partial charge in [0.25, 0.3) is 0 Å². The minimum Gasteiger partial charge on any atom is -0.392 e. The molecule has 0 aromatic heterocycles. The fraction of sp³-hybridized carbons (Fsp3) is 0.714. The van der Waals surface area contributed by atoms with E-state index < -0.39 is 0 Å². The first-order chi connectivity index (χ1) is 11.3. The third-order valence-electron chi connectivity index (χ3n) is 8.07. The van der Waals surface area contributed by atoms with Crippen molar-refractivity contribution in [3.63, 3.8) is 0 Å². The molecule has 0 heterocycles. The second-order valence-corrected chi connectivity index (χ2v) is 9.03. The Morgan fingerprint density at radius 3 is 2.67 bits per heavy atom. The first-order valence-electron chi connectivity index (χ1n) is 9.40. The highest BCUT2D eigenvalue weighted by Crippen LogP contribution is 2.65. The molecule has 4 aliphatic rings. The molecule has 4 rings (SSSR count). The summed E-state index contributed by atoms with van der Waals surface area (Å²) in [5, 5.41) is 11.0. The van der Waals surface area contributed by atoms with Crippen molar-refractivity contribution in [1.29, 1.82) is 0 Å². The summed E-state index contributed by atoms with van der Waals surface area (Å²) in [5.41, 5.74) is 1.04. The highest BCUT2D eigenvalue weighted by Gasteiger charge is 2.61. The molecule has 4 aliphatic carbocycles. The van der Waals surface area contributed by atoms with Gasteiger partial charge in [-0.1, -0.05) is 25.5 Å². The van der Waals surface area contributed by atoms with Crippen LogP contribution >= 0.6 is 0 Å². The zero-order valence-corrected chi connectivity index (χ0v) is 14.9.